The van der Waals surface area contributed by atoms with Crippen molar-refractivity contribution >= 4 is 23.2 Å². The number of halogens is 3. The number of hydrogen-bond acceptors (Lipinski definition) is 4. The minimum absolute atomic E-state index is 0.0823. The van der Waals surface area contributed by atoms with E-state index in [2.05, 4.69) is 5.32 Å². The molecule has 1 aliphatic heterocycles. The molecular weight excluding hydrogens is 457 g/mol. The van der Waals surface area contributed by atoms with Crippen molar-refractivity contribution < 1.29 is 22.8 Å². The second-order valence-corrected chi connectivity index (χ2v) is 9.24. The van der Waals surface area contributed by atoms with Crippen molar-refractivity contribution in [1.29, 1.82) is 5.26 Å². The summed E-state index contributed by atoms with van der Waals surface area (Å²) in [4.78, 5) is 30.8. The molecule has 186 valence electrons. The lowest BCUT2D eigenvalue weighted by molar-refractivity contribution is -0.137. The lowest BCUT2D eigenvalue weighted by Gasteiger charge is -2.34. The SMILES string of the molecule is CCN(C)C[C@@]1(C(=O)Nc2cc(C#N)cc(C(F)(F)F)c2)CN(c2c(C)cccc2C)C(=O)[C@H]1C. The van der Waals surface area contributed by atoms with Gasteiger partial charge in [0.15, 0.2) is 0 Å². The third-order valence-electron chi connectivity index (χ3n) is 6.81. The quantitative estimate of drug-likeness (QED) is 0.639. The molecule has 0 unspecified atom stereocenters. The number of alkyl halides is 3. The molecule has 0 saturated carbocycles. The van der Waals surface area contributed by atoms with E-state index in [1.807, 2.05) is 50.9 Å². The molecular formula is C26H29F3N4O2. The molecule has 2 atom stereocenters. The van der Waals surface area contributed by atoms with Gasteiger partial charge in [0, 0.05) is 24.5 Å². The normalized spacial score (nSPS) is 20.3. The van der Waals surface area contributed by atoms with Gasteiger partial charge in [-0.15, -0.1) is 0 Å². The molecule has 2 amide bonds. The molecule has 1 heterocycles. The maximum absolute atomic E-state index is 13.8. The van der Waals surface area contributed by atoms with Crippen molar-refractivity contribution in [2.45, 2.75) is 33.9 Å². The molecule has 2 aromatic rings. The standard InChI is InChI=1S/C26H29F3N4O2/c1-6-32(5)14-25(15-33(23(34)18(25)4)22-16(2)8-7-9-17(22)3)24(35)31-21-11-19(13-30)10-20(12-21)26(27,28)29/h7-12,18H,6,14-15H2,1-5H3,(H,31,35)/t18-,25-/m1/s1. The monoisotopic (exact) mass is 486 g/mol. The van der Waals surface area contributed by atoms with Crippen LogP contribution in [0.1, 0.15) is 36.1 Å². The first-order valence-electron chi connectivity index (χ1n) is 11.3. The van der Waals surface area contributed by atoms with Crippen molar-refractivity contribution in [1.82, 2.24) is 4.90 Å². The number of benzene rings is 2. The van der Waals surface area contributed by atoms with Gasteiger partial charge in [-0.2, -0.15) is 18.4 Å². The highest BCUT2D eigenvalue weighted by Gasteiger charge is 2.56. The van der Waals surface area contributed by atoms with Crippen LogP contribution < -0.4 is 10.2 Å². The highest BCUT2D eigenvalue weighted by molar-refractivity contribution is 6.08. The first-order chi connectivity index (χ1) is 16.3. The molecule has 3 rings (SSSR count). The van der Waals surface area contributed by atoms with Crippen molar-refractivity contribution in [3.8, 4) is 6.07 Å². The van der Waals surface area contributed by atoms with Gasteiger partial charge in [0.1, 0.15) is 0 Å². The largest absolute Gasteiger partial charge is 0.416 e. The van der Waals surface area contributed by atoms with Gasteiger partial charge < -0.3 is 15.1 Å². The number of nitriles is 1. The Morgan fingerprint density at radius 2 is 1.89 bits per heavy atom. The molecule has 9 heteroatoms. The minimum atomic E-state index is -4.68. The Morgan fingerprint density at radius 1 is 1.26 bits per heavy atom. The predicted molar refractivity (Wildman–Crippen MR) is 128 cm³/mol. The number of carbonyl (C=O) groups is 2. The number of carbonyl (C=O) groups excluding carboxylic acids is 2. The molecule has 0 spiro atoms. The van der Waals surface area contributed by atoms with Gasteiger partial charge in [-0.3, -0.25) is 9.59 Å². The highest BCUT2D eigenvalue weighted by atomic mass is 19.4. The van der Waals surface area contributed by atoms with Crippen molar-refractivity contribution in [3.05, 3.63) is 58.7 Å². The van der Waals surface area contributed by atoms with Crippen LogP contribution in [0, 0.1) is 36.5 Å². The van der Waals surface area contributed by atoms with Crippen molar-refractivity contribution in [3.63, 3.8) is 0 Å². The summed E-state index contributed by atoms with van der Waals surface area (Å²) in [5, 5.41) is 11.8. The van der Waals surface area contributed by atoms with E-state index in [1.165, 1.54) is 6.07 Å². The van der Waals surface area contributed by atoms with E-state index in [-0.39, 0.29) is 30.2 Å². The first kappa shape index (κ1) is 26.2. The summed E-state index contributed by atoms with van der Waals surface area (Å²) in [5.74, 6) is -1.50. The molecule has 0 aliphatic carbocycles. The zero-order valence-electron chi connectivity index (χ0n) is 20.5. The maximum atomic E-state index is 13.8. The Bertz CT molecular complexity index is 1170. The Labute approximate surface area is 203 Å². The summed E-state index contributed by atoms with van der Waals surface area (Å²) in [7, 11) is 1.83. The average molecular weight is 487 g/mol. The topological polar surface area (TPSA) is 76.4 Å². The Morgan fingerprint density at radius 3 is 2.43 bits per heavy atom. The molecule has 6 nitrogen and oxygen atoms in total. The van der Waals surface area contributed by atoms with Crippen LogP contribution in [0.5, 0.6) is 0 Å². The van der Waals surface area contributed by atoms with E-state index in [0.29, 0.717) is 6.54 Å². The summed E-state index contributed by atoms with van der Waals surface area (Å²) in [6.45, 7) is 8.32. The van der Waals surface area contributed by atoms with Crippen molar-refractivity contribution in [2.75, 3.05) is 36.9 Å². The van der Waals surface area contributed by atoms with E-state index in [4.69, 9.17) is 0 Å². The van der Waals surface area contributed by atoms with Crippen LogP contribution >= 0.6 is 0 Å². The van der Waals surface area contributed by atoms with E-state index in [0.717, 1.165) is 28.9 Å². The van der Waals surface area contributed by atoms with E-state index < -0.39 is 29.0 Å². The zero-order chi connectivity index (χ0) is 26.1. The van der Waals surface area contributed by atoms with Gasteiger partial charge in [0.2, 0.25) is 11.8 Å². The Kier molecular flexibility index (Phi) is 7.27. The number of nitrogens with one attached hydrogen (secondary N) is 1. The second-order valence-electron chi connectivity index (χ2n) is 9.24. The number of amides is 2. The third-order valence-corrected chi connectivity index (χ3v) is 6.81. The fraction of sp³-hybridized carbons (Fsp3) is 0.423. The smallest absolute Gasteiger partial charge is 0.325 e. The summed E-state index contributed by atoms with van der Waals surface area (Å²) >= 11 is 0. The zero-order valence-corrected chi connectivity index (χ0v) is 20.5. The predicted octanol–water partition coefficient (Wildman–Crippen LogP) is 4.75. The van der Waals surface area contributed by atoms with Gasteiger partial charge in [0.05, 0.1) is 28.5 Å². The van der Waals surface area contributed by atoms with Crippen molar-refractivity contribution in [2.24, 2.45) is 11.3 Å². The summed E-state index contributed by atoms with van der Waals surface area (Å²) in [6, 6.07) is 10.1. The van der Waals surface area contributed by atoms with Crippen LogP contribution in [0.3, 0.4) is 0 Å². The fourth-order valence-electron chi connectivity index (χ4n) is 4.69. The molecule has 0 radical (unpaired) electrons. The second kappa shape index (κ2) is 9.70. The van der Waals surface area contributed by atoms with E-state index in [1.54, 1.807) is 17.9 Å². The molecule has 1 saturated heterocycles. The van der Waals surface area contributed by atoms with Gasteiger partial charge >= 0.3 is 6.18 Å². The van der Waals surface area contributed by atoms with Gasteiger partial charge in [-0.1, -0.05) is 32.0 Å². The Hall–Kier alpha value is -3.38. The maximum Gasteiger partial charge on any atom is 0.416 e. The lowest BCUT2D eigenvalue weighted by atomic mass is 9.77. The van der Waals surface area contributed by atoms with Gasteiger partial charge in [-0.05, 0) is 56.8 Å². The summed E-state index contributed by atoms with van der Waals surface area (Å²) in [5.41, 5.74) is -0.0855. The number of rotatable bonds is 6. The number of aryl methyl sites for hydroxylation is 2. The van der Waals surface area contributed by atoms with Crippen LogP contribution in [0.15, 0.2) is 36.4 Å². The van der Waals surface area contributed by atoms with Crippen LogP contribution in [-0.2, 0) is 15.8 Å². The molecule has 0 bridgehead atoms. The molecule has 1 aliphatic rings. The third kappa shape index (κ3) is 5.03. The molecule has 0 aromatic heterocycles. The number of para-hydroxylation sites is 1. The van der Waals surface area contributed by atoms with E-state index in [9.17, 15) is 28.0 Å². The average Bonchev–Trinajstić information content (AvgIpc) is 3.04. The fourth-order valence-corrected chi connectivity index (χ4v) is 4.69. The molecule has 1 N–H and O–H groups in total. The van der Waals surface area contributed by atoms with Crippen LogP contribution in [0.4, 0.5) is 24.5 Å². The van der Waals surface area contributed by atoms with E-state index >= 15 is 0 Å². The molecule has 35 heavy (non-hydrogen) atoms. The molecule has 1 fully saturated rings. The minimum Gasteiger partial charge on any atom is -0.325 e. The highest BCUT2D eigenvalue weighted by Crippen LogP contribution is 2.43. The number of hydrogen-bond donors (Lipinski definition) is 1. The Balaban J connectivity index is 2.06. The number of anilines is 2. The number of nitrogens with zero attached hydrogens (tertiary/aromatic N) is 3. The van der Waals surface area contributed by atoms with Gasteiger partial charge in [-0.25, -0.2) is 0 Å². The summed E-state index contributed by atoms with van der Waals surface area (Å²) in [6.07, 6.45) is -4.68. The lowest BCUT2D eigenvalue weighted by Crippen LogP contribution is -2.50. The molecule has 2 aromatic carbocycles. The van der Waals surface area contributed by atoms with Crippen LogP contribution in [0.2, 0.25) is 0 Å². The summed E-state index contributed by atoms with van der Waals surface area (Å²) < 4.78 is 40.1. The van der Waals surface area contributed by atoms with Crippen LogP contribution in [0.25, 0.3) is 0 Å². The first-order valence-corrected chi connectivity index (χ1v) is 11.3. The van der Waals surface area contributed by atoms with Gasteiger partial charge in [0.25, 0.3) is 0 Å². The van der Waals surface area contributed by atoms with Crippen LogP contribution in [-0.4, -0.2) is 43.4 Å².